The Morgan fingerprint density at radius 1 is 1.21 bits per heavy atom. The van der Waals surface area contributed by atoms with Crippen molar-refractivity contribution in [3.63, 3.8) is 0 Å². The first-order chi connectivity index (χ1) is 22.8. The van der Waals surface area contributed by atoms with Gasteiger partial charge in [0.05, 0.1) is 13.7 Å². The summed E-state index contributed by atoms with van der Waals surface area (Å²) in [6.45, 7) is 4.46. The molecule has 5 N–H and O–H groups in total. The molecule has 4 aromatic rings. The molecule has 6 rings (SSSR count). The molecule has 15 nitrogen and oxygen atoms in total. The van der Waals surface area contributed by atoms with Gasteiger partial charge in [0.25, 0.3) is 0 Å². The first kappa shape index (κ1) is 34.7. The number of nitrogens with two attached hydrogens (primary N) is 1. The average Bonchev–Trinajstić information content (AvgIpc) is 3.46. The molecule has 0 spiro atoms. The van der Waals surface area contributed by atoms with Crippen molar-refractivity contribution in [1.29, 1.82) is 0 Å². The Morgan fingerprint density at radius 3 is 2.62 bits per heavy atom. The number of halogens is 1. The molecule has 1 aliphatic heterocycles. The smallest absolute Gasteiger partial charge is 0.459 e. The molecule has 2 aliphatic rings. The lowest BCUT2D eigenvalue weighted by atomic mass is 9.96. The van der Waals surface area contributed by atoms with E-state index in [1.54, 1.807) is 26.0 Å². The van der Waals surface area contributed by atoms with E-state index < -0.39 is 50.4 Å². The molecule has 2 aromatic heterocycles. The van der Waals surface area contributed by atoms with Crippen molar-refractivity contribution in [2.45, 2.75) is 76.2 Å². The number of aromatic nitrogens is 4. The van der Waals surface area contributed by atoms with Crippen LogP contribution in [0.5, 0.6) is 11.6 Å². The van der Waals surface area contributed by atoms with Crippen LogP contribution < -0.4 is 20.1 Å². The van der Waals surface area contributed by atoms with Crippen LogP contribution in [0.2, 0.25) is 0 Å². The maximum Gasteiger partial charge on any atom is 0.459 e. The fourth-order valence-electron chi connectivity index (χ4n) is 5.68. The Morgan fingerprint density at radius 2 is 1.94 bits per heavy atom. The maximum absolute atomic E-state index is 14.7. The number of anilines is 1. The van der Waals surface area contributed by atoms with Gasteiger partial charge in [-0.1, -0.05) is 50.2 Å². The van der Waals surface area contributed by atoms with Crippen LogP contribution in [0.1, 0.15) is 46.3 Å². The summed E-state index contributed by atoms with van der Waals surface area (Å²) in [7, 11) is -3.00. The summed E-state index contributed by atoms with van der Waals surface area (Å²) in [4.78, 5) is 26.1. The highest BCUT2D eigenvalue weighted by Crippen LogP contribution is 2.49. The summed E-state index contributed by atoms with van der Waals surface area (Å²) in [5, 5.41) is 27.2. The lowest BCUT2D eigenvalue weighted by Gasteiger charge is -2.31. The average molecular weight is 797 g/mol. The highest BCUT2D eigenvalue weighted by atomic mass is 127. The number of nitrogens with one attached hydrogen (secondary N) is 1. The van der Waals surface area contributed by atoms with Crippen molar-refractivity contribution in [1.82, 2.24) is 24.6 Å². The number of fused-ring (bicyclic) bond motifs is 2. The Hall–Kier alpha value is -3.12. The van der Waals surface area contributed by atoms with Gasteiger partial charge in [0.2, 0.25) is 11.8 Å². The van der Waals surface area contributed by atoms with Gasteiger partial charge < -0.3 is 34.7 Å². The molecule has 2 aromatic carbocycles. The van der Waals surface area contributed by atoms with E-state index in [1.165, 1.54) is 18.6 Å². The third-order valence-corrected chi connectivity index (χ3v) is 10.9. The topological polar surface area (TPSA) is 202 Å². The van der Waals surface area contributed by atoms with Crippen molar-refractivity contribution >= 4 is 64.2 Å². The normalized spacial score (nSPS) is 24.8. The molecular formula is C31H38IN6O9P. The molecule has 0 radical (unpaired) electrons. The minimum Gasteiger partial charge on any atom is -0.479 e. The summed E-state index contributed by atoms with van der Waals surface area (Å²) in [6, 6.07) is 11.6. The predicted octanol–water partition coefficient (Wildman–Crippen LogP) is 4.10. The van der Waals surface area contributed by atoms with Crippen molar-refractivity contribution in [2.24, 2.45) is 5.92 Å². The molecule has 3 heterocycles. The highest BCUT2D eigenvalue weighted by molar-refractivity contribution is 14.1. The van der Waals surface area contributed by atoms with Crippen LogP contribution >= 0.6 is 30.3 Å². The summed E-state index contributed by atoms with van der Waals surface area (Å²) in [5.41, 5.74) is 4.48. The second kappa shape index (κ2) is 13.7. The van der Waals surface area contributed by atoms with E-state index in [1.807, 2.05) is 52.9 Å². The quantitative estimate of drug-likeness (QED) is 0.0691. The van der Waals surface area contributed by atoms with Gasteiger partial charge in [0.1, 0.15) is 35.7 Å². The number of esters is 1. The van der Waals surface area contributed by atoms with Crippen molar-refractivity contribution in [3.05, 3.63) is 46.3 Å². The number of benzene rings is 2. The number of nitrogens with zero attached hydrogens (tertiary/aromatic N) is 4. The maximum atomic E-state index is 14.7. The molecule has 0 amide bonds. The molecule has 6 atom stereocenters. The van der Waals surface area contributed by atoms with E-state index in [0.717, 1.165) is 24.6 Å². The lowest BCUT2D eigenvalue weighted by Crippen LogP contribution is -2.45. The van der Waals surface area contributed by atoms with Crippen LogP contribution in [-0.4, -0.2) is 79.4 Å². The van der Waals surface area contributed by atoms with Crippen molar-refractivity contribution in [2.75, 3.05) is 19.5 Å². The predicted molar refractivity (Wildman–Crippen MR) is 183 cm³/mol. The Balaban J connectivity index is 1.30. The number of imidazole rings is 1. The van der Waals surface area contributed by atoms with Gasteiger partial charge in [-0.05, 0) is 43.6 Å². The van der Waals surface area contributed by atoms with Crippen LogP contribution in [0.3, 0.4) is 0 Å². The summed E-state index contributed by atoms with van der Waals surface area (Å²) >= 11 is 1.94. The molecule has 2 unspecified atom stereocenters. The number of methoxy groups -OCH3 is 1. The van der Waals surface area contributed by atoms with Crippen LogP contribution in [0, 0.1) is 9.75 Å². The van der Waals surface area contributed by atoms with E-state index >= 15 is 0 Å². The number of rotatable bonds is 12. The van der Waals surface area contributed by atoms with E-state index in [-0.39, 0.29) is 40.8 Å². The van der Waals surface area contributed by atoms with Gasteiger partial charge in [-0.2, -0.15) is 15.1 Å². The summed E-state index contributed by atoms with van der Waals surface area (Å²) in [6.07, 6.45) is -1.66. The minimum atomic E-state index is -4.41. The number of carbonyl (C=O) groups is 1. The van der Waals surface area contributed by atoms with Gasteiger partial charge in [0.15, 0.2) is 21.2 Å². The Bertz CT molecular complexity index is 1860. The second-order valence-electron chi connectivity index (χ2n) is 12.4. The number of carbonyl (C=O) groups excluding carboxylic acids is 1. The number of aliphatic hydroxyl groups is 2. The first-order valence-corrected chi connectivity index (χ1v) is 18.1. The largest absolute Gasteiger partial charge is 0.479 e. The first-order valence-electron chi connectivity index (χ1n) is 15.5. The van der Waals surface area contributed by atoms with Gasteiger partial charge >= 0.3 is 13.7 Å². The third-order valence-electron chi connectivity index (χ3n) is 8.59. The third kappa shape index (κ3) is 6.71. The number of hydrogen-bond donors (Lipinski definition) is 4. The number of nitrogen functional groups attached to an aromatic ring is 1. The van der Waals surface area contributed by atoms with Crippen LogP contribution in [0.4, 0.5) is 5.95 Å². The molecule has 2 fully saturated rings. The Labute approximate surface area is 290 Å². The summed E-state index contributed by atoms with van der Waals surface area (Å²) in [5.74, 6) is -0.642. The van der Waals surface area contributed by atoms with E-state index in [9.17, 15) is 19.6 Å². The van der Waals surface area contributed by atoms with Gasteiger partial charge in [-0.15, -0.1) is 0 Å². The van der Waals surface area contributed by atoms with Crippen LogP contribution in [0.15, 0.2) is 42.5 Å². The molecular weight excluding hydrogens is 758 g/mol. The number of ether oxygens (including phenoxy) is 3. The highest BCUT2D eigenvalue weighted by Gasteiger charge is 2.55. The fourth-order valence-corrected chi connectivity index (χ4v) is 8.09. The zero-order valence-electron chi connectivity index (χ0n) is 26.8. The van der Waals surface area contributed by atoms with E-state index in [2.05, 4.69) is 20.0 Å². The molecule has 1 aliphatic carbocycles. The van der Waals surface area contributed by atoms with Gasteiger partial charge in [-0.3, -0.25) is 13.9 Å². The molecule has 0 bridgehead atoms. The molecule has 258 valence electrons. The second-order valence-corrected chi connectivity index (χ2v) is 15.1. The number of aliphatic hydroxyl groups excluding tert-OH is 1. The molecule has 1 saturated carbocycles. The zero-order valence-corrected chi connectivity index (χ0v) is 29.8. The standard InChI is InChI=1S/C31H38IN6O9P/c1-16(2)22(27(40)45-18-11-8-12-18)37-48(42,47-20-14-7-10-17-9-5-6-13-19(17)20)44-15-21-24(39)31(3,41)28(46-21)38-25-23(34-29(38)32)26(43-4)36-30(33)35-25/h5-7,9-10,13-14,16,18,21-22,24,28,39,41H,8,11-12,15H2,1-4H3,(H,37,42)(H2,33,35,36)/t21-,22+,24-,28?,31-,48?/m1/s1. The molecule has 1 saturated heterocycles. The monoisotopic (exact) mass is 796 g/mol. The number of hydrogen-bond acceptors (Lipinski definition) is 13. The SMILES string of the molecule is COc1nc(N)nc2c1nc(I)n2C1O[C@H](COP(=O)(N[C@H](C(=O)OC2CCC2)C(C)C)Oc2cccc3ccccc23)[C@@H](O)[C@@]1(C)O. The van der Waals surface area contributed by atoms with E-state index in [0.29, 0.717) is 9.22 Å². The van der Waals surface area contributed by atoms with Gasteiger partial charge in [-0.25, -0.2) is 9.55 Å². The fraction of sp³-hybridized carbons (Fsp3) is 0.484. The summed E-state index contributed by atoms with van der Waals surface area (Å²) < 4.78 is 45.7. The molecule has 48 heavy (non-hydrogen) atoms. The van der Waals surface area contributed by atoms with Gasteiger partial charge in [0, 0.05) is 28.0 Å². The van der Waals surface area contributed by atoms with Crippen molar-refractivity contribution < 1.29 is 42.8 Å². The Kier molecular flexibility index (Phi) is 9.88. The minimum absolute atomic E-state index is 0.0943. The lowest BCUT2D eigenvalue weighted by molar-refractivity contribution is -0.156. The van der Waals surface area contributed by atoms with Crippen LogP contribution in [0.25, 0.3) is 21.9 Å². The van der Waals surface area contributed by atoms with E-state index in [4.69, 9.17) is 29.0 Å². The molecule has 17 heteroatoms. The van der Waals surface area contributed by atoms with Crippen molar-refractivity contribution in [3.8, 4) is 11.6 Å². The van der Waals surface area contributed by atoms with Crippen LogP contribution in [-0.2, 0) is 23.4 Å². The zero-order chi connectivity index (χ0) is 34.4.